The topological polar surface area (TPSA) is 94.1 Å². The van der Waals surface area contributed by atoms with Gasteiger partial charge in [-0.1, -0.05) is 18.2 Å². The molecule has 11 heteroatoms. The van der Waals surface area contributed by atoms with E-state index < -0.39 is 17.6 Å². The van der Waals surface area contributed by atoms with Crippen LogP contribution in [0.5, 0.6) is 5.88 Å². The van der Waals surface area contributed by atoms with Crippen LogP contribution in [0.3, 0.4) is 0 Å². The highest BCUT2D eigenvalue weighted by Crippen LogP contribution is 2.27. The van der Waals surface area contributed by atoms with Crippen molar-refractivity contribution >= 4 is 28.3 Å². The van der Waals surface area contributed by atoms with Crippen LogP contribution >= 0.6 is 0 Å². The smallest absolute Gasteiger partial charge is 0.335 e. The van der Waals surface area contributed by atoms with Gasteiger partial charge in [0.05, 0.1) is 48.1 Å². The molecule has 1 saturated heterocycles. The van der Waals surface area contributed by atoms with Crippen molar-refractivity contribution in [2.75, 3.05) is 19.7 Å². The minimum absolute atomic E-state index is 0.0506. The summed E-state index contributed by atoms with van der Waals surface area (Å²) < 4.78 is 42.0. The third-order valence-electron chi connectivity index (χ3n) is 7.55. The van der Waals surface area contributed by atoms with E-state index in [0.717, 1.165) is 47.6 Å². The molecule has 9 nitrogen and oxygen atoms in total. The molecule has 0 spiro atoms. The molecule has 42 heavy (non-hydrogen) atoms. The summed E-state index contributed by atoms with van der Waals surface area (Å²) in [7, 11) is 0. The highest BCUT2D eigenvalue weighted by molar-refractivity contribution is 5.92. The molecular weight excluding hydrogens is 544 g/mol. The first kappa shape index (κ1) is 27.5. The molecule has 2 aromatic carbocycles. The fourth-order valence-corrected chi connectivity index (χ4v) is 5.14. The van der Waals surface area contributed by atoms with Gasteiger partial charge in [-0.25, -0.2) is 28.4 Å². The summed E-state index contributed by atoms with van der Waals surface area (Å²) >= 11 is 0. The predicted octanol–water partition coefficient (Wildman–Crippen LogP) is 5.62. The number of rotatable bonds is 9. The first-order valence-electron chi connectivity index (χ1n) is 13.6. The Kier molecular flexibility index (Phi) is 7.65. The van der Waals surface area contributed by atoms with E-state index in [-0.39, 0.29) is 35.4 Å². The van der Waals surface area contributed by atoms with Gasteiger partial charge in [0, 0.05) is 37.4 Å². The molecule has 0 unspecified atom stereocenters. The summed E-state index contributed by atoms with van der Waals surface area (Å²) in [4.78, 5) is 26.3. The maximum Gasteiger partial charge on any atom is 0.335 e. The number of imidazole rings is 1. The van der Waals surface area contributed by atoms with Crippen LogP contribution in [0.4, 0.5) is 14.5 Å². The molecule has 0 aliphatic carbocycles. The maximum absolute atomic E-state index is 14.5. The molecule has 1 fully saturated rings. The van der Waals surface area contributed by atoms with Crippen LogP contribution in [0.25, 0.3) is 21.5 Å². The number of fused-ring (bicyclic) bond motifs is 1. The SMILES string of the molecule is [C-]#[N+]c1ccc(COc2cc(F)cc(C3=CCN(Cc4nc5ccc(C(=O)O)cc5n4C[C@@H]4CCO4)CC3)n2)c(F)c1. The largest absolute Gasteiger partial charge is 0.478 e. The highest BCUT2D eigenvalue weighted by Gasteiger charge is 2.24. The van der Waals surface area contributed by atoms with Crippen molar-refractivity contribution in [2.24, 2.45) is 0 Å². The number of carboxylic acid groups (broad SMARTS) is 1. The second-order valence-electron chi connectivity index (χ2n) is 10.3. The molecule has 0 radical (unpaired) electrons. The summed E-state index contributed by atoms with van der Waals surface area (Å²) in [5, 5.41) is 9.48. The fourth-order valence-electron chi connectivity index (χ4n) is 5.14. The average Bonchev–Trinajstić information content (AvgIpc) is 3.30. The van der Waals surface area contributed by atoms with Crippen molar-refractivity contribution in [3.05, 3.63) is 100 Å². The van der Waals surface area contributed by atoms with E-state index in [1.807, 2.05) is 6.08 Å². The van der Waals surface area contributed by atoms with Gasteiger partial charge in [-0.2, -0.15) is 0 Å². The zero-order valence-corrected chi connectivity index (χ0v) is 22.6. The van der Waals surface area contributed by atoms with Gasteiger partial charge in [-0.15, -0.1) is 0 Å². The van der Waals surface area contributed by atoms with E-state index in [1.54, 1.807) is 18.2 Å². The third kappa shape index (κ3) is 5.86. The lowest BCUT2D eigenvalue weighted by atomic mass is 10.0. The van der Waals surface area contributed by atoms with Crippen LogP contribution in [0.1, 0.15) is 40.3 Å². The molecule has 0 bridgehead atoms. The van der Waals surface area contributed by atoms with Crippen molar-refractivity contribution in [1.29, 1.82) is 0 Å². The van der Waals surface area contributed by atoms with E-state index in [9.17, 15) is 18.7 Å². The number of carbonyl (C=O) groups is 1. The molecular formula is C31H27F2N5O4. The van der Waals surface area contributed by atoms with Crippen molar-refractivity contribution in [3.63, 3.8) is 0 Å². The fraction of sp³-hybridized carbons (Fsp3) is 0.290. The number of hydrogen-bond donors (Lipinski definition) is 1. The van der Waals surface area contributed by atoms with E-state index in [4.69, 9.17) is 21.0 Å². The molecule has 0 saturated carbocycles. The van der Waals surface area contributed by atoms with Crippen molar-refractivity contribution in [2.45, 2.75) is 38.6 Å². The van der Waals surface area contributed by atoms with Gasteiger partial charge in [0.1, 0.15) is 24.1 Å². The van der Waals surface area contributed by atoms with Gasteiger partial charge in [-0.05, 0) is 42.7 Å². The Labute approximate surface area is 240 Å². The summed E-state index contributed by atoms with van der Waals surface area (Å²) in [6.07, 6.45) is 3.65. The molecule has 0 amide bonds. The van der Waals surface area contributed by atoms with Gasteiger partial charge in [0.25, 0.3) is 0 Å². The molecule has 1 atom stereocenters. The second kappa shape index (κ2) is 11.7. The molecule has 2 aromatic heterocycles. The Bertz CT molecular complexity index is 1740. The van der Waals surface area contributed by atoms with E-state index >= 15 is 0 Å². The van der Waals surface area contributed by atoms with Crippen LogP contribution < -0.4 is 4.74 Å². The van der Waals surface area contributed by atoms with Crippen LogP contribution in [0, 0.1) is 18.2 Å². The lowest BCUT2D eigenvalue weighted by Crippen LogP contribution is -2.33. The Hall–Kier alpha value is -4.66. The van der Waals surface area contributed by atoms with Crippen molar-refractivity contribution < 1.29 is 28.2 Å². The Morgan fingerprint density at radius 2 is 2.02 bits per heavy atom. The monoisotopic (exact) mass is 571 g/mol. The van der Waals surface area contributed by atoms with E-state index in [2.05, 4.69) is 19.3 Å². The summed E-state index contributed by atoms with van der Waals surface area (Å²) in [6, 6.07) is 11.6. The third-order valence-corrected chi connectivity index (χ3v) is 7.55. The maximum atomic E-state index is 14.5. The number of carboxylic acids is 1. The summed E-state index contributed by atoms with van der Waals surface area (Å²) in [5.74, 6) is -1.17. The normalized spacial score (nSPS) is 17.0. The molecule has 6 rings (SSSR count). The summed E-state index contributed by atoms with van der Waals surface area (Å²) in [5.41, 5.74) is 3.50. The Morgan fingerprint density at radius 3 is 2.71 bits per heavy atom. The second-order valence-corrected chi connectivity index (χ2v) is 10.3. The molecule has 2 aliphatic heterocycles. The quantitative estimate of drug-likeness (QED) is 0.261. The first-order chi connectivity index (χ1) is 20.4. The van der Waals surface area contributed by atoms with Crippen LogP contribution in [0.2, 0.25) is 0 Å². The van der Waals surface area contributed by atoms with Gasteiger partial charge >= 0.3 is 5.97 Å². The standard InChI is InChI=1S/C31H27F2N5O4/c1-34-23-4-2-21(25(33)15-23)18-42-30-14-22(32)13-27(36-30)19-6-9-37(10-7-19)17-29-35-26-5-3-20(31(39)40)12-28(26)38(29)16-24-8-11-41-24/h2-6,12-15,24H,7-11,16-18H2,(H,39,40)/t24-/m0/s1. The van der Waals surface area contributed by atoms with Crippen LogP contribution in [0.15, 0.2) is 54.6 Å². The van der Waals surface area contributed by atoms with E-state index in [0.29, 0.717) is 38.3 Å². The van der Waals surface area contributed by atoms with Gasteiger partial charge < -0.3 is 19.1 Å². The number of aromatic nitrogens is 3. The van der Waals surface area contributed by atoms with Crippen molar-refractivity contribution in [1.82, 2.24) is 19.4 Å². The van der Waals surface area contributed by atoms with Crippen LogP contribution in [-0.2, 0) is 24.4 Å². The van der Waals surface area contributed by atoms with Crippen LogP contribution in [-0.4, -0.2) is 56.3 Å². The first-order valence-corrected chi connectivity index (χ1v) is 13.6. The minimum atomic E-state index is -0.985. The zero-order chi connectivity index (χ0) is 29.2. The molecule has 1 N–H and O–H groups in total. The average molecular weight is 572 g/mol. The number of nitrogens with zero attached hydrogens (tertiary/aromatic N) is 5. The number of pyridine rings is 1. The van der Waals surface area contributed by atoms with Gasteiger partial charge in [-0.3, -0.25) is 4.90 Å². The lowest BCUT2D eigenvalue weighted by molar-refractivity contribution is -0.0591. The van der Waals surface area contributed by atoms with E-state index in [1.165, 1.54) is 18.2 Å². The predicted molar refractivity (Wildman–Crippen MR) is 150 cm³/mol. The highest BCUT2D eigenvalue weighted by atomic mass is 19.1. The van der Waals surface area contributed by atoms with Gasteiger partial charge in [0.2, 0.25) is 5.88 Å². The minimum Gasteiger partial charge on any atom is -0.478 e. The molecule has 4 aromatic rings. The Morgan fingerprint density at radius 1 is 1.17 bits per heavy atom. The zero-order valence-electron chi connectivity index (χ0n) is 22.6. The molecule has 4 heterocycles. The number of hydrogen-bond acceptors (Lipinski definition) is 6. The molecule has 214 valence electrons. The number of aromatic carboxylic acids is 1. The Balaban J connectivity index is 1.16. The summed E-state index contributed by atoms with van der Waals surface area (Å²) in [6.45, 7) is 9.99. The number of ether oxygens (including phenoxy) is 2. The lowest BCUT2D eigenvalue weighted by Gasteiger charge is -2.29. The molecule has 2 aliphatic rings. The number of halogens is 2. The van der Waals surface area contributed by atoms with Crippen molar-refractivity contribution in [3.8, 4) is 5.88 Å². The number of benzene rings is 2. The van der Waals surface area contributed by atoms with Gasteiger partial charge in [0.15, 0.2) is 5.69 Å².